The molecular formula is C27H26N2O3. The zero-order valence-electron chi connectivity index (χ0n) is 18.3. The molecule has 4 rings (SSSR count). The molecular weight excluding hydrogens is 400 g/mol. The van der Waals surface area contributed by atoms with Crippen LogP contribution in [0.15, 0.2) is 89.9 Å². The van der Waals surface area contributed by atoms with Crippen molar-refractivity contribution in [2.45, 2.75) is 13.0 Å². The third-order valence-electron chi connectivity index (χ3n) is 5.38. The van der Waals surface area contributed by atoms with Gasteiger partial charge in [-0.15, -0.1) is 0 Å². The summed E-state index contributed by atoms with van der Waals surface area (Å²) in [7, 11) is 3.42. The van der Waals surface area contributed by atoms with Crippen molar-refractivity contribution >= 4 is 16.7 Å². The number of aromatic nitrogens is 1. The highest BCUT2D eigenvalue weighted by Gasteiger charge is 2.17. The first-order valence-electron chi connectivity index (χ1n) is 10.7. The molecule has 0 bridgehead atoms. The lowest BCUT2D eigenvalue weighted by Crippen LogP contribution is -2.27. The van der Waals surface area contributed by atoms with Crippen LogP contribution in [0.5, 0.6) is 5.75 Å². The summed E-state index contributed by atoms with van der Waals surface area (Å²) in [5.41, 5.74) is 1.88. The number of fused-ring (bicyclic) bond motifs is 1. The van der Waals surface area contributed by atoms with Crippen LogP contribution in [0.4, 0.5) is 0 Å². The van der Waals surface area contributed by atoms with Gasteiger partial charge in [0, 0.05) is 38.5 Å². The summed E-state index contributed by atoms with van der Waals surface area (Å²) in [4.78, 5) is 27.1. The third kappa shape index (κ3) is 4.72. The standard InChI is InChI=1S/C27H26N2O3/c1-28(2)27(31)25-19-29(26(30)18-24(25)21-10-4-3-5-11-21)15-8-16-32-23-14-13-20-9-6-7-12-22(20)17-23/h3-7,9-14,17-19H,8,15-16H2,1-2H3. The van der Waals surface area contributed by atoms with Crippen LogP contribution in [-0.2, 0) is 6.54 Å². The van der Waals surface area contributed by atoms with Crippen LogP contribution in [0.2, 0.25) is 0 Å². The van der Waals surface area contributed by atoms with E-state index in [4.69, 9.17) is 4.74 Å². The zero-order valence-corrected chi connectivity index (χ0v) is 18.3. The number of aryl methyl sites for hydroxylation is 1. The van der Waals surface area contributed by atoms with Gasteiger partial charge in [-0.1, -0.05) is 60.7 Å². The predicted octanol–water partition coefficient (Wildman–Crippen LogP) is 4.84. The summed E-state index contributed by atoms with van der Waals surface area (Å²) in [6, 6.07) is 25.2. The van der Waals surface area contributed by atoms with Gasteiger partial charge in [-0.25, -0.2) is 0 Å². The fraction of sp³-hybridized carbons (Fsp3) is 0.185. The molecule has 0 aliphatic carbocycles. The van der Waals surface area contributed by atoms with E-state index in [1.807, 2.05) is 60.7 Å². The Balaban J connectivity index is 1.50. The van der Waals surface area contributed by atoms with E-state index in [9.17, 15) is 9.59 Å². The summed E-state index contributed by atoms with van der Waals surface area (Å²) in [5, 5.41) is 2.30. The van der Waals surface area contributed by atoms with Gasteiger partial charge in [0.1, 0.15) is 5.75 Å². The van der Waals surface area contributed by atoms with Gasteiger partial charge in [0.05, 0.1) is 12.2 Å². The highest BCUT2D eigenvalue weighted by molar-refractivity contribution is 6.00. The van der Waals surface area contributed by atoms with Gasteiger partial charge in [0.15, 0.2) is 0 Å². The van der Waals surface area contributed by atoms with Crippen molar-refractivity contribution in [3.8, 4) is 16.9 Å². The molecule has 1 heterocycles. The lowest BCUT2D eigenvalue weighted by atomic mass is 10.0. The number of carbonyl (C=O) groups is 1. The van der Waals surface area contributed by atoms with Crippen molar-refractivity contribution in [1.29, 1.82) is 0 Å². The number of hydrogen-bond acceptors (Lipinski definition) is 3. The van der Waals surface area contributed by atoms with Gasteiger partial charge in [0.25, 0.3) is 11.5 Å². The molecule has 0 radical (unpaired) electrons. The van der Waals surface area contributed by atoms with E-state index in [0.717, 1.165) is 16.7 Å². The SMILES string of the molecule is CN(C)C(=O)c1cn(CCCOc2ccc3ccccc3c2)c(=O)cc1-c1ccccc1. The summed E-state index contributed by atoms with van der Waals surface area (Å²) >= 11 is 0. The first-order chi connectivity index (χ1) is 15.5. The van der Waals surface area contributed by atoms with Gasteiger partial charge in [-0.2, -0.15) is 0 Å². The van der Waals surface area contributed by atoms with E-state index in [1.54, 1.807) is 30.9 Å². The fourth-order valence-electron chi connectivity index (χ4n) is 3.70. The highest BCUT2D eigenvalue weighted by Crippen LogP contribution is 2.23. The molecule has 1 aromatic heterocycles. The topological polar surface area (TPSA) is 51.5 Å². The first kappa shape index (κ1) is 21.4. The van der Waals surface area contributed by atoms with Crippen LogP contribution in [-0.4, -0.2) is 36.1 Å². The van der Waals surface area contributed by atoms with Crippen LogP contribution < -0.4 is 10.3 Å². The smallest absolute Gasteiger partial charge is 0.255 e. The van der Waals surface area contributed by atoms with Crippen molar-refractivity contribution in [1.82, 2.24) is 9.47 Å². The zero-order chi connectivity index (χ0) is 22.5. The molecule has 0 spiro atoms. The molecule has 0 saturated heterocycles. The summed E-state index contributed by atoms with van der Waals surface area (Å²) in [6.07, 6.45) is 2.32. The van der Waals surface area contributed by atoms with E-state index in [-0.39, 0.29) is 11.5 Å². The Kier molecular flexibility index (Phi) is 6.36. The van der Waals surface area contributed by atoms with Gasteiger partial charge in [-0.05, 0) is 34.9 Å². The lowest BCUT2D eigenvalue weighted by molar-refractivity contribution is 0.0827. The van der Waals surface area contributed by atoms with Gasteiger partial charge >= 0.3 is 0 Å². The molecule has 1 amide bonds. The van der Waals surface area contributed by atoms with E-state index in [0.29, 0.717) is 30.7 Å². The van der Waals surface area contributed by atoms with Crippen molar-refractivity contribution in [3.63, 3.8) is 0 Å². The van der Waals surface area contributed by atoms with Crippen molar-refractivity contribution in [3.05, 3.63) is 101 Å². The molecule has 0 saturated carbocycles. The number of ether oxygens (including phenoxy) is 1. The van der Waals surface area contributed by atoms with E-state index in [2.05, 4.69) is 12.1 Å². The summed E-state index contributed by atoms with van der Waals surface area (Å²) < 4.78 is 7.48. The molecule has 0 N–H and O–H groups in total. The predicted molar refractivity (Wildman–Crippen MR) is 128 cm³/mol. The second-order valence-electron chi connectivity index (χ2n) is 7.91. The van der Waals surface area contributed by atoms with Crippen molar-refractivity contribution in [2.75, 3.05) is 20.7 Å². The Morgan fingerprint density at radius 2 is 1.62 bits per heavy atom. The number of amides is 1. The maximum absolute atomic E-state index is 12.8. The molecule has 0 fully saturated rings. The second-order valence-corrected chi connectivity index (χ2v) is 7.91. The van der Waals surface area contributed by atoms with Crippen LogP contribution in [0, 0.1) is 0 Å². The number of benzene rings is 3. The molecule has 3 aromatic carbocycles. The number of carbonyl (C=O) groups excluding carboxylic acids is 1. The van der Waals surface area contributed by atoms with Crippen LogP contribution >= 0.6 is 0 Å². The van der Waals surface area contributed by atoms with Crippen LogP contribution in [0.3, 0.4) is 0 Å². The minimum atomic E-state index is -0.134. The minimum Gasteiger partial charge on any atom is -0.494 e. The van der Waals surface area contributed by atoms with Gasteiger partial charge in [0.2, 0.25) is 0 Å². The maximum Gasteiger partial charge on any atom is 0.255 e. The average Bonchev–Trinajstić information content (AvgIpc) is 2.82. The Labute approximate surface area is 187 Å². The molecule has 5 heteroatoms. The van der Waals surface area contributed by atoms with E-state index >= 15 is 0 Å². The van der Waals surface area contributed by atoms with E-state index in [1.165, 1.54) is 10.3 Å². The number of hydrogen-bond donors (Lipinski definition) is 0. The Hall–Kier alpha value is -3.86. The average molecular weight is 427 g/mol. The molecule has 5 nitrogen and oxygen atoms in total. The molecule has 32 heavy (non-hydrogen) atoms. The van der Waals surface area contributed by atoms with Crippen LogP contribution in [0.25, 0.3) is 21.9 Å². The Morgan fingerprint density at radius 1 is 0.906 bits per heavy atom. The third-order valence-corrected chi connectivity index (χ3v) is 5.38. The van der Waals surface area contributed by atoms with Crippen molar-refractivity contribution < 1.29 is 9.53 Å². The van der Waals surface area contributed by atoms with Gasteiger partial charge in [-0.3, -0.25) is 9.59 Å². The summed E-state index contributed by atoms with van der Waals surface area (Å²) in [5.74, 6) is 0.670. The van der Waals surface area contributed by atoms with Gasteiger partial charge < -0.3 is 14.2 Å². The normalized spacial score (nSPS) is 10.8. The monoisotopic (exact) mass is 426 g/mol. The second kappa shape index (κ2) is 9.52. The Bertz CT molecular complexity index is 1290. The molecule has 162 valence electrons. The maximum atomic E-state index is 12.8. The summed E-state index contributed by atoms with van der Waals surface area (Å²) in [6.45, 7) is 0.942. The quantitative estimate of drug-likeness (QED) is 0.398. The highest BCUT2D eigenvalue weighted by atomic mass is 16.5. The molecule has 0 aliphatic rings. The number of rotatable bonds is 7. The lowest BCUT2D eigenvalue weighted by Gasteiger charge is -2.16. The van der Waals surface area contributed by atoms with Crippen LogP contribution in [0.1, 0.15) is 16.8 Å². The number of pyridine rings is 1. The van der Waals surface area contributed by atoms with E-state index < -0.39 is 0 Å². The van der Waals surface area contributed by atoms with Crippen molar-refractivity contribution in [2.24, 2.45) is 0 Å². The first-order valence-corrected chi connectivity index (χ1v) is 10.7. The fourth-order valence-corrected chi connectivity index (χ4v) is 3.70. The largest absolute Gasteiger partial charge is 0.494 e. The molecule has 0 unspecified atom stereocenters. The molecule has 4 aromatic rings. The number of nitrogens with zero attached hydrogens (tertiary/aromatic N) is 2. The molecule has 0 atom stereocenters. The Morgan fingerprint density at radius 3 is 2.38 bits per heavy atom. The minimum absolute atomic E-state index is 0.134. The molecule has 0 aliphatic heterocycles.